The van der Waals surface area contributed by atoms with Gasteiger partial charge in [0.05, 0.1) is 18.0 Å². The van der Waals surface area contributed by atoms with E-state index in [-0.39, 0.29) is 17.2 Å². The van der Waals surface area contributed by atoms with E-state index < -0.39 is 0 Å². The summed E-state index contributed by atoms with van der Waals surface area (Å²) in [7, 11) is 0. The number of rotatable bonds is 7. The molecule has 1 fully saturated rings. The lowest BCUT2D eigenvalue weighted by molar-refractivity contribution is -0.118. The van der Waals surface area contributed by atoms with Gasteiger partial charge in [0.25, 0.3) is 0 Å². The molecule has 1 aromatic heterocycles. The van der Waals surface area contributed by atoms with Gasteiger partial charge >= 0.3 is 0 Å². The summed E-state index contributed by atoms with van der Waals surface area (Å²) in [5.74, 6) is 1.31. The standard InChI is InChI=1S/C27H35N5O3/c1-27(2)18-23(34)29-26-20(27)9-11-24(30-26)35-17-4-3-12-31-13-15-32(16-14-31)21-7-5-6-19-8-10-22(33)28-25(19)21/h5-7,9,11H,3-4,8,10,12-18H2,1-2H3,(H,28,33)(H,29,30,34). The van der Waals surface area contributed by atoms with Gasteiger partial charge in [0.1, 0.15) is 5.82 Å². The third kappa shape index (κ3) is 5.27. The average molecular weight is 478 g/mol. The van der Waals surface area contributed by atoms with Gasteiger partial charge in [-0.1, -0.05) is 26.0 Å². The molecule has 0 spiro atoms. The average Bonchev–Trinajstić information content (AvgIpc) is 2.83. The van der Waals surface area contributed by atoms with Gasteiger partial charge in [-0.25, -0.2) is 0 Å². The van der Waals surface area contributed by atoms with E-state index in [2.05, 4.69) is 57.5 Å². The van der Waals surface area contributed by atoms with E-state index in [1.165, 1.54) is 5.56 Å². The SMILES string of the molecule is CC1(C)CC(=O)Nc2nc(OCCCCN3CCN(c4cccc5c4NC(=O)CC5)CC3)ccc21. The Bertz CT molecular complexity index is 1110. The van der Waals surface area contributed by atoms with E-state index in [4.69, 9.17) is 4.74 Å². The van der Waals surface area contributed by atoms with Crippen molar-refractivity contribution in [2.45, 2.75) is 51.4 Å². The van der Waals surface area contributed by atoms with Crippen molar-refractivity contribution in [3.63, 3.8) is 0 Å². The molecule has 2 amide bonds. The number of hydrogen-bond acceptors (Lipinski definition) is 6. The highest BCUT2D eigenvalue weighted by Crippen LogP contribution is 2.37. The highest BCUT2D eigenvalue weighted by atomic mass is 16.5. The lowest BCUT2D eigenvalue weighted by Crippen LogP contribution is -2.47. The van der Waals surface area contributed by atoms with Crippen molar-refractivity contribution in [1.82, 2.24) is 9.88 Å². The molecule has 0 atom stereocenters. The molecule has 0 saturated carbocycles. The molecular formula is C27H35N5O3. The van der Waals surface area contributed by atoms with Crippen molar-refractivity contribution in [3.05, 3.63) is 41.5 Å². The van der Waals surface area contributed by atoms with Crippen molar-refractivity contribution in [2.75, 3.05) is 54.9 Å². The fourth-order valence-corrected chi connectivity index (χ4v) is 5.32. The van der Waals surface area contributed by atoms with Crippen molar-refractivity contribution < 1.29 is 14.3 Å². The lowest BCUT2D eigenvalue weighted by Gasteiger charge is -2.37. The number of carbonyl (C=O) groups is 2. The van der Waals surface area contributed by atoms with E-state index in [1.54, 1.807) is 0 Å². The molecule has 0 radical (unpaired) electrons. The first kappa shape index (κ1) is 23.6. The number of hydrogen-bond donors (Lipinski definition) is 2. The van der Waals surface area contributed by atoms with Gasteiger partial charge in [-0.3, -0.25) is 14.5 Å². The number of fused-ring (bicyclic) bond motifs is 2. The summed E-state index contributed by atoms with van der Waals surface area (Å²) in [6.07, 6.45) is 3.89. The van der Waals surface area contributed by atoms with Crippen LogP contribution in [0.3, 0.4) is 0 Å². The normalized spacial score (nSPS) is 19.4. The van der Waals surface area contributed by atoms with Crippen molar-refractivity contribution >= 4 is 29.0 Å². The van der Waals surface area contributed by atoms with Crippen LogP contribution in [-0.2, 0) is 21.4 Å². The number of pyridine rings is 1. The summed E-state index contributed by atoms with van der Waals surface area (Å²) in [6.45, 7) is 9.74. The molecule has 5 rings (SSSR count). The van der Waals surface area contributed by atoms with Crippen LogP contribution in [0.15, 0.2) is 30.3 Å². The predicted molar refractivity (Wildman–Crippen MR) is 137 cm³/mol. The Labute approximate surface area is 207 Å². The number of anilines is 3. The smallest absolute Gasteiger partial charge is 0.226 e. The number of piperazine rings is 1. The second-order valence-electron chi connectivity index (χ2n) is 10.4. The van der Waals surface area contributed by atoms with Crippen LogP contribution < -0.4 is 20.3 Å². The number of amides is 2. The van der Waals surface area contributed by atoms with E-state index in [0.29, 0.717) is 31.1 Å². The van der Waals surface area contributed by atoms with Crippen LogP contribution in [0.4, 0.5) is 17.2 Å². The fraction of sp³-hybridized carbons (Fsp3) is 0.519. The third-order valence-corrected chi connectivity index (χ3v) is 7.31. The molecule has 186 valence electrons. The zero-order valence-corrected chi connectivity index (χ0v) is 20.7. The molecular weight excluding hydrogens is 442 g/mol. The van der Waals surface area contributed by atoms with E-state index in [1.807, 2.05) is 12.1 Å². The molecule has 1 saturated heterocycles. The zero-order valence-electron chi connectivity index (χ0n) is 20.7. The first-order valence-corrected chi connectivity index (χ1v) is 12.7. The maximum atomic E-state index is 12.0. The molecule has 35 heavy (non-hydrogen) atoms. The minimum absolute atomic E-state index is 0.00384. The van der Waals surface area contributed by atoms with Gasteiger partial charge < -0.3 is 20.3 Å². The molecule has 0 aliphatic carbocycles. The second-order valence-corrected chi connectivity index (χ2v) is 10.4. The second kappa shape index (κ2) is 9.85. The maximum Gasteiger partial charge on any atom is 0.226 e. The van der Waals surface area contributed by atoms with Gasteiger partial charge in [0.15, 0.2) is 0 Å². The Morgan fingerprint density at radius 2 is 1.80 bits per heavy atom. The monoisotopic (exact) mass is 477 g/mol. The number of ether oxygens (including phenoxy) is 1. The quantitative estimate of drug-likeness (QED) is 0.593. The highest BCUT2D eigenvalue weighted by Gasteiger charge is 2.33. The van der Waals surface area contributed by atoms with Crippen molar-refractivity contribution in [1.29, 1.82) is 0 Å². The van der Waals surface area contributed by atoms with Crippen LogP contribution >= 0.6 is 0 Å². The van der Waals surface area contributed by atoms with Crippen LogP contribution in [0.2, 0.25) is 0 Å². The lowest BCUT2D eigenvalue weighted by atomic mass is 9.79. The fourth-order valence-electron chi connectivity index (χ4n) is 5.32. The van der Waals surface area contributed by atoms with Crippen LogP contribution in [-0.4, -0.2) is 61.0 Å². The summed E-state index contributed by atoms with van der Waals surface area (Å²) in [6, 6.07) is 10.3. The number of carbonyl (C=O) groups excluding carboxylic acids is 2. The van der Waals surface area contributed by atoms with E-state index in [0.717, 1.165) is 68.9 Å². The van der Waals surface area contributed by atoms with Crippen LogP contribution in [0.1, 0.15) is 50.7 Å². The Morgan fingerprint density at radius 1 is 0.971 bits per heavy atom. The Morgan fingerprint density at radius 3 is 2.63 bits per heavy atom. The number of nitrogens with one attached hydrogen (secondary N) is 2. The Kier molecular flexibility index (Phi) is 6.65. The molecule has 3 aliphatic rings. The molecule has 0 bridgehead atoms. The number of para-hydroxylation sites is 1. The van der Waals surface area contributed by atoms with E-state index >= 15 is 0 Å². The molecule has 8 heteroatoms. The maximum absolute atomic E-state index is 12.0. The summed E-state index contributed by atoms with van der Waals surface area (Å²) < 4.78 is 5.88. The Hall–Kier alpha value is -3.13. The first-order valence-electron chi connectivity index (χ1n) is 12.7. The van der Waals surface area contributed by atoms with Crippen LogP contribution in [0.25, 0.3) is 0 Å². The summed E-state index contributed by atoms with van der Waals surface area (Å²) >= 11 is 0. The zero-order chi connectivity index (χ0) is 24.4. The molecule has 0 unspecified atom stereocenters. The summed E-state index contributed by atoms with van der Waals surface area (Å²) in [5.41, 5.74) is 4.25. The molecule has 4 heterocycles. The number of aryl methyl sites for hydroxylation is 1. The summed E-state index contributed by atoms with van der Waals surface area (Å²) in [4.78, 5) is 33.3. The first-order chi connectivity index (χ1) is 16.9. The molecule has 8 nitrogen and oxygen atoms in total. The van der Waals surface area contributed by atoms with E-state index in [9.17, 15) is 9.59 Å². The minimum Gasteiger partial charge on any atom is -0.478 e. The number of nitrogens with zero attached hydrogens (tertiary/aromatic N) is 3. The Balaban J connectivity index is 1.05. The van der Waals surface area contributed by atoms with Gasteiger partial charge in [-0.05, 0) is 43.5 Å². The number of benzene rings is 1. The topological polar surface area (TPSA) is 86.8 Å². The number of unbranched alkanes of at least 4 members (excludes halogenated alkanes) is 1. The van der Waals surface area contributed by atoms with Gasteiger partial charge in [-0.2, -0.15) is 4.98 Å². The number of aromatic nitrogens is 1. The molecule has 3 aliphatic heterocycles. The predicted octanol–water partition coefficient (Wildman–Crippen LogP) is 3.57. The molecule has 1 aromatic carbocycles. The van der Waals surface area contributed by atoms with Crippen molar-refractivity contribution in [3.8, 4) is 5.88 Å². The molecule has 2 aromatic rings. The molecule has 2 N–H and O–H groups in total. The largest absolute Gasteiger partial charge is 0.478 e. The van der Waals surface area contributed by atoms with Crippen LogP contribution in [0, 0.1) is 0 Å². The highest BCUT2D eigenvalue weighted by molar-refractivity contribution is 5.98. The minimum atomic E-state index is -0.207. The van der Waals surface area contributed by atoms with Gasteiger partial charge in [-0.15, -0.1) is 0 Å². The van der Waals surface area contributed by atoms with Crippen molar-refractivity contribution in [2.24, 2.45) is 0 Å². The van der Waals surface area contributed by atoms with Crippen LogP contribution in [0.5, 0.6) is 5.88 Å². The van der Waals surface area contributed by atoms with Gasteiger partial charge in [0.2, 0.25) is 17.7 Å². The van der Waals surface area contributed by atoms with Gasteiger partial charge in [0, 0.05) is 56.1 Å². The third-order valence-electron chi connectivity index (χ3n) is 7.31. The summed E-state index contributed by atoms with van der Waals surface area (Å²) in [5, 5.41) is 5.96.